The first kappa shape index (κ1) is 29.4. The zero-order valence-electron chi connectivity index (χ0n) is 22.0. The van der Waals surface area contributed by atoms with Crippen molar-refractivity contribution in [2.24, 2.45) is 0 Å². The van der Waals surface area contributed by atoms with E-state index in [1.54, 1.807) is 36.2 Å². The minimum Gasteiger partial charge on any atom is -0.490 e. The van der Waals surface area contributed by atoms with Gasteiger partial charge < -0.3 is 39.0 Å². The molecule has 0 radical (unpaired) electrons. The number of anilines is 2. The molecular formula is C24H35N4O9P. The topological polar surface area (TPSA) is 162 Å². The minimum absolute atomic E-state index is 0.0887. The zero-order chi connectivity index (χ0) is 27.7. The van der Waals surface area contributed by atoms with Crippen LogP contribution in [0.25, 0.3) is 0 Å². The number of phosphoric ester groups is 1. The molecule has 0 atom stereocenters. The van der Waals surface area contributed by atoms with E-state index in [9.17, 15) is 9.36 Å². The third-order valence-corrected chi connectivity index (χ3v) is 6.03. The number of pyridine rings is 2. The van der Waals surface area contributed by atoms with Crippen LogP contribution in [0.5, 0.6) is 17.4 Å². The quantitative estimate of drug-likeness (QED) is 0.257. The van der Waals surface area contributed by atoms with Crippen molar-refractivity contribution in [1.29, 1.82) is 0 Å². The van der Waals surface area contributed by atoms with Gasteiger partial charge in [0.15, 0.2) is 11.6 Å². The Morgan fingerprint density at radius 2 is 1.95 bits per heavy atom. The van der Waals surface area contributed by atoms with Gasteiger partial charge in [0.1, 0.15) is 6.10 Å². The van der Waals surface area contributed by atoms with Gasteiger partial charge in [-0.25, -0.2) is 19.3 Å². The Morgan fingerprint density at radius 1 is 1.21 bits per heavy atom. The highest BCUT2D eigenvalue weighted by Gasteiger charge is 2.26. The number of amides is 1. The van der Waals surface area contributed by atoms with Gasteiger partial charge in [0.2, 0.25) is 11.6 Å². The number of carbonyl (C=O) groups is 1. The van der Waals surface area contributed by atoms with Gasteiger partial charge in [0, 0.05) is 50.7 Å². The van der Waals surface area contributed by atoms with Gasteiger partial charge >= 0.3 is 13.9 Å². The summed E-state index contributed by atoms with van der Waals surface area (Å²) in [5.41, 5.74) is 1.33. The lowest BCUT2D eigenvalue weighted by atomic mass is 10.1. The molecule has 13 nitrogen and oxygen atoms in total. The van der Waals surface area contributed by atoms with Crippen LogP contribution in [-0.2, 0) is 13.8 Å². The molecule has 1 aliphatic rings. The van der Waals surface area contributed by atoms with E-state index in [0.717, 1.165) is 0 Å². The van der Waals surface area contributed by atoms with Crippen molar-refractivity contribution in [2.45, 2.75) is 52.2 Å². The Hall–Kier alpha value is -3.12. The van der Waals surface area contributed by atoms with Gasteiger partial charge in [-0.05, 0) is 26.8 Å². The van der Waals surface area contributed by atoms with E-state index in [-0.39, 0.29) is 31.5 Å². The smallest absolute Gasteiger partial charge is 0.469 e. The van der Waals surface area contributed by atoms with Gasteiger partial charge in [0.05, 0.1) is 37.8 Å². The Bertz CT molecular complexity index is 1120. The largest absolute Gasteiger partial charge is 0.490 e. The van der Waals surface area contributed by atoms with Crippen LogP contribution in [-0.4, -0.2) is 76.4 Å². The van der Waals surface area contributed by atoms with Crippen LogP contribution in [0.2, 0.25) is 0 Å². The van der Waals surface area contributed by atoms with Gasteiger partial charge in [-0.1, -0.05) is 0 Å². The molecule has 2 aromatic rings. The van der Waals surface area contributed by atoms with Gasteiger partial charge in [-0.3, -0.25) is 4.52 Å². The summed E-state index contributed by atoms with van der Waals surface area (Å²) in [6.07, 6.45) is 2.69. The summed E-state index contributed by atoms with van der Waals surface area (Å²) in [6, 6.07) is 5.19. The molecule has 3 N–H and O–H groups in total. The van der Waals surface area contributed by atoms with Crippen LogP contribution >= 0.6 is 7.82 Å². The number of ether oxygens (including phenoxy) is 4. The maximum atomic E-state index is 12.1. The number of methoxy groups -OCH3 is 1. The number of nitrogens with one attached hydrogen (secondary N) is 1. The number of piperidine rings is 1. The Balaban J connectivity index is 1.58. The Labute approximate surface area is 221 Å². The number of rotatable bonds is 12. The lowest BCUT2D eigenvalue weighted by Crippen LogP contribution is -2.42. The van der Waals surface area contributed by atoms with Crippen molar-refractivity contribution in [3.63, 3.8) is 0 Å². The van der Waals surface area contributed by atoms with Crippen LogP contribution in [0.4, 0.5) is 16.3 Å². The second kappa shape index (κ2) is 13.6. The molecule has 0 unspecified atom stereocenters. The maximum absolute atomic E-state index is 12.1. The van der Waals surface area contributed by atoms with E-state index >= 15 is 0 Å². The van der Waals surface area contributed by atoms with Crippen LogP contribution in [0.3, 0.4) is 0 Å². The van der Waals surface area contributed by atoms with Crippen molar-refractivity contribution in [3.05, 3.63) is 30.1 Å². The number of aryl methyl sites for hydroxylation is 1. The van der Waals surface area contributed by atoms with Crippen LogP contribution in [0.1, 0.15) is 38.8 Å². The van der Waals surface area contributed by atoms with E-state index in [2.05, 4.69) is 19.8 Å². The number of phosphoric acid groups is 1. The molecule has 1 fully saturated rings. The predicted octanol–water partition coefficient (Wildman–Crippen LogP) is 3.80. The van der Waals surface area contributed by atoms with E-state index in [1.165, 1.54) is 7.11 Å². The summed E-state index contributed by atoms with van der Waals surface area (Å²) in [4.78, 5) is 40.0. The lowest BCUT2D eigenvalue weighted by Gasteiger charge is -2.32. The summed E-state index contributed by atoms with van der Waals surface area (Å²) in [7, 11) is -2.94. The highest BCUT2D eigenvalue weighted by Crippen LogP contribution is 2.37. The summed E-state index contributed by atoms with van der Waals surface area (Å²) in [6.45, 7) is 6.61. The summed E-state index contributed by atoms with van der Waals surface area (Å²) in [5, 5.41) is 3.22. The normalized spacial score (nSPS) is 14.3. The fourth-order valence-corrected chi connectivity index (χ4v) is 4.09. The van der Waals surface area contributed by atoms with Crippen molar-refractivity contribution in [2.75, 3.05) is 38.7 Å². The number of carbonyl (C=O) groups excluding carboxylic acids is 1. The molecule has 3 rings (SSSR count). The monoisotopic (exact) mass is 554 g/mol. The van der Waals surface area contributed by atoms with E-state index in [1.807, 2.05) is 13.8 Å². The molecule has 210 valence electrons. The number of likely N-dealkylation sites (tertiary alicyclic amines) is 1. The number of hydrogen-bond acceptors (Lipinski definition) is 10. The summed E-state index contributed by atoms with van der Waals surface area (Å²) >= 11 is 0. The van der Waals surface area contributed by atoms with Crippen molar-refractivity contribution >= 4 is 25.4 Å². The molecule has 14 heteroatoms. The van der Waals surface area contributed by atoms with Crippen LogP contribution < -0.4 is 19.5 Å². The van der Waals surface area contributed by atoms with Gasteiger partial charge in [-0.2, -0.15) is 0 Å². The molecule has 0 aromatic carbocycles. The first-order valence-electron chi connectivity index (χ1n) is 12.3. The molecule has 2 aromatic heterocycles. The molecular weight excluding hydrogens is 519 g/mol. The van der Waals surface area contributed by atoms with Crippen LogP contribution in [0, 0.1) is 6.92 Å². The fraction of sp³-hybridized carbons (Fsp3) is 0.542. The number of hydrogen-bond donors (Lipinski definition) is 3. The van der Waals surface area contributed by atoms with E-state index in [0.29, 0.717) is 66.9 Å². The first-order valence-corrected chi connectivity index (χ1v) is 13.8. The molecule has 0 saturated carbocycles. The second-order valence-corrected chi connectivity index (χ2v) is 10.1. The third-order valence-electron chi connectivity index (χ3n) is 5.51. The Kier molecular flexibility index (Phi) is 10.5. The predicted molar refractivity (Wildman–Crippen MR) is 138 cm³/mol. The molecule has 0 bridgehead atoms. The fourth-order valence-electron chi connectivity index (χ4n) is 3.72. The average Bonchev–Trinajstić information content (AvgIpc) is 2.85. The number of nitrogens with zero attached hydrogens (tertiary/aromatic N) is 3. The molecule has 0 aliphatic carbocycles. The van der Waals surface area contributed by atoms with Gasteiger partial charge in [-0.15, -0.1) is 0 Å². The average molecular weight is 555 g/mol. The van der Waals surface area contributed by atoms with Gasteiger partial charge in [0.25, 0.3) is 0 Å². The molecule has 38 heavy (non-hydrogen) atoms. The molecule has 1 saturated heterocycles. The highest BCUT2D eigenvalue weighted by molar-refractivity contribution is 7.46. The van der Waals surface area contributed by atoms with Crippen molar-refractivity contribution < 1.29 is 42.6 Å². The molecule has 1 aliphatic heterocycles. The summed E-state index contributed by atoms with van der Waals surface area (Å²) < 4.78 is 37.7. The highest BCUT2D eigenvalue weighted by atomic mass is 31.2. The third kappa shape index (κ3) is 9.02. The minimum atomic E-state index is -4.48. The van der Waals surface area contributed by atoms with E-state index < -0.39 is 7.82 Å². The first-order chi connectivity index (χ1) is 18.1. The van der Waals surface area contributed by atoms with Crippen molar-refractivity contribution in [1.82, 2.24) is 14.9 Å². The maximum Gasteiger partial charge on any atom is 0.469 e. The molecule has 1 amide bonds. The van der Waals surface area contributed by atoms with Crippen molar-refractivity contribution in [3.8, 4) is 17.4 Å². The zero-order valence-corrected chi connectivity index (χ0v) is 22.8. The summed E-state index contributed by atoms with van der Waals surface area (Å²) in [5.74, 6) is 1.80. The second-order valence-electron chi connectivity index (χ2n) is 8.86. The molecule has 0 spiro atoms. The SMILES string of the molecule is COc1c(OC2CCN(C(=O)OC(C)C)CC2)ccnc1Nc1ccc(OCCCOP(=O)(O)O)nc1C. The Morgan fingerprint density at radius 3 is 2.58 bits per heavy atom. The van der Waals surface area contributed by atoms with Crippen LogP contribution in [0.15, 0.2) is 24.4 Å². The number of aromatic nitrogens is 2. The lowest BCUT2D eigenvalue weighted by molar-refractivity contribution is 0.0511. The van der Waals surface area contributed by atoms with E-state index in [4.69, 9.17) is 28.7 Å². The molecule has 3 heterocycles. The standard InChI is InChI=1S/C24H35N4O9P/c1-16(2)36-24(29)28-12-9-18(10-13-28)37-20-8-11-25-23(22(20)33-4)27-19-6-7-21(26-17(19)3)34-14-5-15-35-38(30,31)32/h6-8,11,16,18H,5,9-10,12-15H2,1-4H3,(H,25,27)(H2,30,31,32).